The average molecular weight is 342 g/mol. The van der Waals surface area contributed by atoms with Crippen LogP contribution in [0.15, 0.2) is 24.5 Å². The first-order chi connectivity index (χ1) is 12.6. The van der Waals surface area contributed by atoms with Crippen molar-refractivity contribution in [3.8, 4) is 0 Å². The summed E-state index contributed by atoms with van der Waals surface area (Å²) in [7, 11) is 0. The Balaban J connectivity index is 1.90. The minimum absolute atomic E-state index is 0.350. The molecule has 0 amide bonds. The summed E-state index contributed by atoms with van der Waals surface area (Å²) in [5.41, 5.74) is 0.675. The SMILES string of the molecule is [2H]C([2H])([2H])N1CCC[C@H]1c1ccc[n+]([C@H]2O[C@@H](C(=O)O)[C@H](O)[C@@H](O)[C@@H]2O)c1. The van der Waals surface area contributed by atoms with Crippen LogP contribution in [0, 0.1) is 0 Å². The van der Waals surface area contributed by atoms with Gasteiger partial charge in [0.05, 0.1) is 0 Å². The molecular formula is C16H23N2O6+. The predicted octanol–water partition coefficient (Wildman–Crippen LogP) is -1.19. The van der Waals surface area contributed by atoms with E-state index in [1.165, 1.54) is 15.7 Å². The molecule has 6 atom stereocenters. The zero-order valence-electron chi connectivity index (χ0n) is 15.9. The van der Waals surface area contributed by atoms with E-state index in [1.54, 1.807) is 18.3 Å². The lowest BCUT2D eigenvalue weighted by Gasteiger charge is -2.35. The number of rotatable bonds is 3. The Labute approximate surface area is 143 Å². The highest BCUT2D eigenvalue weighted by atomic mass is 16.6. The molecule has 132 valence electrons. The summed E-state index contributed by atoms with van der Waals surface area (Å²) in [6, 6.07) is 3.03. The first-order valence-corrected chi connectivity index (χ1v) is 7.81. The van der Waals surface area contributed by atoms with Crippen LogP contribution in [-0.2, 0) is 9.53 Å². The molecule has 2 fully saturated rings. The second kappa shape index (κ2) is 6.73. The number of hydrogen-bond acceptors (Lipinski definition) is 6. The van der Waals surface area contributed by atoms with Crippen molar-refractivity contribution >= 4 is 5.97 Å². The molecule has 1 aromatic rings. The average Bonchev–Trinajstić information content (AvgIpc) is 3.10. The van der Waals surface area contributed by atoms with Gasteiger partial charge in [0.1, 0.15) is 12.2 Å². The predicted molar refractivity (Wildman–Crippen MR) is 80.8 cm³/mol. The molecule has 3 heterocycles. The Bertz CT molecular complexity index is 703. The fourth-order valence-electron chi connectivity index (χ4n) is 3.29. The van der Waals surface area contributed by atoms with E-state index in [0.717, 1.165) is 6.42 Å². The van der Waals surface area contributed by atoms with E-state index >= 15 is 0 Å². The number of ether oxygens (including phenoxy) is 1. The Morgan fingerprint density at radius 2 is 2.17 bits per heavy atom. The lowest BCUT2D eigenvalue weighted by molar-refractivity contribution is -0.777. The lowest BCUT2D eigenvalue weighted by atomic mass is 9.97. The monoisotopic (exact) mass is 342 g/mol. The minimum atomic E-state index is -2.24. The second-order valence-electron chi connectivity index (χ2n) is 6.19. The molecule has 8 heteroatoms. The quantitative estimate of drug-likeness (QED) is 0.511. The van der Waals surface area contributed by atoms with Gasteiger partial charge in [0, 0.05) is 21.8 Å². The number of carboxylic acid groups (broad SMARTS) is 1. The van der Waals surface area contributed by atoms with E-state index in [4.69, 9.17) is 8.85 Å². The van der Waals surface area contributed by atoms with Crippen LogP contribution in [0.3, 0.4) is 0 Å². The van der Waals surface area contributed by atoms with Gasteiger partial charge in [0.15, 0.2) is 24.6 Å². The van der Waals surface area contributed by atoms with Gasteiger partial charge in [-0.3, -0.25) is 4.90 Å². The number of nitrogens with zero attached hydrogens (tertiary/aromatic N) is 2. The maximum Gasteiger partial charge on any atom is 0.335 e. The fraction of sp³-hybridized carbons (Fsp3) is 0.625. The Morgan fingerprint density at radius 1 is 1.38 bits per heavy atom. The first kappa shape index (κ1) is 13.7. The second-order valence-corrected chi connectivity index (χ2v) is 6.19. The van der Waals surface area contributed by atoms with Crippen molar-refractivity contribution in [3.05, 3.63) is 30.1 Å². The Morgan fingerprint density at radius 3 is 2.88 bits per heavy atom. The zero-order chi connectivity index (χ0) is 19.9. The zero-order valence-corrected chi connectivity index (χ0v) is 12.9. The molecule has 0 radical (unpaired) electrons. The maximum atomic E-state index is 11.3. The van der Waals surface area contributed by atoms with Crippen molar-refractivity contribution in [1.82, 2.24) is 4.90 Å². The number of aliphatic hydroxyl groups is 3. The van der Waals surface area contributed by atoms with Crippen molar-refractivity contribution < 1.29 is 38.6 Å². The molecule has 24 heavy (non-hydrogen) atoms. The van der Waals surface area contributed by atoms with E-state index in [1.807, 2.05) is 0 Å². The summed E-state index contributed by atoms with van der Waals surface area (Å²) in [6.45, 7) is -1.80. The fourth-order valence-corrected chi connectivity index (χ4v) is 3.29. The third-order valence-corrected chi connectivity index (χ3v) is 4.61. The highest BCUT2D eigenvalue weighted by Gasteiger charge is 2.51. The summed E-state index contributed by atoms with van der Waals surface area (Å²) in [6.07, 6.45) is -3.49. The summed E-state index contributed by atoms with van der Waals surface area (Å²) < 4.78 is 29.7. The number of aliphatic hydroxyl groups excluding tert-OH is 3. The number of hydrogen-bond donors (Lipinski definition) is 4. The molecule has 1 aromatic heterocycles. The van der Waals surface area contributed by atoms with Gasteiger partial charge in [-0.15, -0.1) is 0 Å². The molecule has 0 unspecified atom stereocenters. The van der Waals surface area contributed by atoms with Crippen molar-refractivity contribution in [3.63, 3.8) is 0 Å². The number of aromatic nitrogens is 1. The standard InChI is InChI=1S/C16H22N2O6/c1-17-6-3-5-10(17)9-4-2-7-18(8-9)15-13(21)11(19)12(20)14(24-15)16(22)23/h2,4,7-8,10-15,19-21H,3,5-6H2,1H3/p+1/t10-,11+,12+,13-,14+,15-/m0/s1/i1D3. The third-order valence-electron chi connectivity index (χ3n) is 4.61. The van der Waals surface area contributed by atoms with Crippen LogP contribution in [-0.4, -0.2) is 69.2 Å². The highest BCUT2D eigenvalue weighted by molar-refractivity contribution is 5.73. The molecule has 8 nitrogen and oxygen atoms in total. The smallest absolute Gasteiger partial charge is 0.335 e. The van der Waals surface area contributed by atoms with Crippen molar-refractivity contribution in [2.75, 3.05) is 13.5 Å². The molecule has 0 saturated carbocycles. The normalized spacial score (nSPS) is 39.9. The van der Waals surface area contributed by atoms with Gasteiger partial charge in [-0.25, -0.2) is 4.79 Å². The van der Waals surface area contributed by atoms with Crippen LogP contribution in [0.1, 0.15) is 34.8 Å². The number of likely N-dealkylation sites (tertiary alicyclic amines) is 1. The molecular weight excluding hydrogens is 316 g/mol. The van der Waals surface area contributed by atoms with Gasteiger partial charge in [-0.05, 0) is 32.4 Å². The van der Waals surface area contributed by atoms with Crippen LogP contribution >= 0.6 is 0 Å². The van der Waals surface area contributed by atoms with Crippen molar-refractivity contribution in [2.24, 2.45) is 0 Å². The molecule has 0 spiro atoms. The molecule has 2 saturated heterocycles. The number of aliphatic carboxylic acids is 1. The van der Waals surface area contributed by atoms with Crippen LogP contribution in [0.25, 0.3) is 0 Å². The maximum absolute atomic E-state index is 11.3. The van der Waals surface area contributed by atoms with E-state index in [0.29, 0.717) is 18.5 Å². The van der Waals surface area contributed by atoms with Crippen LogP contribution in [0.2, 0.25) is 0 Å². The molecule has 0 aliphatic carbocycles. The molecule has 2 aliphatic heterocycles. The topological polar surface area (TPSA) is 114 Å². The van der Waals surface area contributed by atoms with Gasteiger partial charge < -0.3 is 25.2 Å². The van der Waals surface area contributed by atoms with E-state index < -0.39 is 43.6 Å². The number of pyridine rings is 1. The summed E-state index contributed by atoms with van der Waals surface area (Å²) in [5.74, 6) is -1.46. The van der Waals surface area contributed by atoms with Gasteiger partial charge in [0.25, 0.3) is 6.23 Å². The number of carbonyl (C=O) groups is 1. The summed E-state index contributed by atoms with van der Waals surface area (Å²) in [5, 5.41) is 39.2. The van der Waals surface area contributed by atoms with Crippen LogP contribution in [0.5, 0.6) is 0 Å². The first-order valence-electron chi connectivity index (χ1n) is 9.31. The van der Waals surface area contributed by atoms with Crippen molar-refractivity contribution in [2.45, 2.75) is 49.5 Å². The van der Waals surface area contributed by atoms with E-state index in [9.17, 15) is 25.2 Å². The van der Waals surface area contributed by atoms with Crippen LogP contribution < -0.4 is 4.57 Å². The van der Waals surface area contributed by atoms with Gasteiger partial charge >= 0.3 is 5.97 Å². The molecule has 0 bridgehead atoms. The largest absolute Gasteiger partial charge is 0.479 e. The Kier molecular flexibility index (Phi) is 3.84. The van der Waals surface area contributed by atoms with Crippen molar-refractivity contribution in [1.29, 1.82) is 0 Å². The molecule has 2 aliphatic rings. The third kappa shape index (κ3) is 3.03. The molecule has 4 N–H and O–H groups in total. The van der Waals surface area contributed by atoms with Gasteiger partial charge in [-0.1, -0.05) is 0 Å². The van der Waals surface area contributed by atoms with Crippen LogP contribution in [0.4, 0.5) is 0 Å². The van der Waals surface area contributed by atoms with E-state index in [-0.39, 0.29) is 6.04 Å². The summed E-state index contributed by atoms with van der Waals surface area (Å²) in [4.78, 5) is 12.7. The van der Waals surface area contributed by atoms with E-state index in [2.05, 4.69) is 0 Å². The summed E-state index contributed by atoms with van der Waals surface area (Å²) >= 11 is 0. The number of carboxylic acids is 1. The molecule has 0 aromatic carbocycles. The highest BCUT2D eigenvalue weighted by Crippen LogP contribution is 2.30. The lowest BCUT2D eigenvalue weighted by Crippen LogP contribution is -2.63. The Hall–Kier alpha value is -1.58. The molecule has 3 rings (SSSR count). The minimum Gasteiger partial charge on any atom is -0.479 e. The van der Waals surface area contributed by atoms with Gasteiger partial charge in [0.2, 0.25) is 0 Å². The van der Waals surface area contributed by atoms with Gasteiger partial charge in [-0.2, -0.15) is 4.57 Å².